The van der Waals surface area contributed by atoms with Gasteiger partial charge in [0.2, 0.25) is 0 Å². The minimum atomic E-state index is 0.558. The predicted octanol–water partition coefficient (Wildman–Crippen LogP) is 3.38. The Morgan fingerprint density at radius 3 is 2.92 bits per heavy atom. The lowest BCUT2D eigenvalue weighted by Crippen LogP contribution is -2.01. The Bertz CT molecular complexity index is 380. The van der Waals surface area contributed by atoms with Crippen LogP contribution in [0.15, 0.2) is 36.6 Å². The van der Waals surface area contributed by atoms with Gasteiger partial charge in [-0.25, -0.2) is 0 Å². The summed E-state index contributed by atoms with van der Waals surface area (Å²) in [6.45, 7) is 3.83. The molecule has 0 fully saturated rings. The Balaban J connectivity index is 2.45. The molecule has 0 radical (unpaired) electrons. The lowest BCUT2D eigenvalue weighted by atomic mass is 10.1. The number of fused-ring (bicyclic) bond motifs is 1. The normalized spacial score (nSPS) is 13.8. The fraction of sp³-hybridized carbons (Fsp3) is 0.0909. The van der Waals surface area contributed by atoms with Crippen molar-refractivity contribution in [1.82, 2.24) is 0 Å². The monoisotopic (exact) mass is 191 g/mol. The minimum Gasteiger partial charge on any atom is -0.356 e. The van der Waals surface area contributed by atoms with E-state index in [4.69, 9.17) is 11.6 Å². The van der Waals surface area contributed by atoms with Crippen LogP contribution in [0.4, 0.5) is 5.69 Å². The number of hydrogen-bond acceptors (Lipinski definition) is 1. The molecule has 1 N–H and O–H groups in total. The summed E-state index contributed by atoms with van der Waals surface area (Å²) in [4.78, 5) is 0. The molecular weight excluding hydrogens is 182 g/mol. The third-order valence-electron chi connectivity index (χ3n) is 2.03. The third kappa shape index (κ3) is 1.61. The summed E-state index contributed by atoms with van der Waals surface area (Å²) in [5.41, 5.74) is 4.33. The van der Waals surface area contributed by atoms with E-state index in [9.17, 15) is 0 Å². The van der Waals surface area contributed by atoms with Gasteiger partial charge >= 0.3 is 0 Å². The highest BCUT2D eigenvalue weighted by Crippen LogP contribution is 2.25. The van der Waals surface area contributed by atoms with Crippen molar-refractivity contribution in [3.8, 4) is 0 Å². The molecule has 0 unspecified atom stereocenters. The highest BCUT2D eigenvalue weighted by molar-refractivity contribution is 6.17. The van der Waals surface area contributed by atoms with E-state index in [1.54, 1.807) is 0 Å². The predicted molar refractivity (Wildman–Crippen MR) is 57.8 cm³/mol. The second kappa shape index (κ2) is 3.27. The van der Waals surface area contributed by atoms with E-state index in [0.717, 1.165) is 16.9 Å². The molecule has 0 spiro atoms. The lowest BCUT2D eigenvalue weighted by molar-refractivity contribution is 1.36. The molecule has 1 nitrogen and oxygen atoms in total. The second-order valence-electron chi connectivity index (χ2n) is 3.04. The average Bonchev–Trinajstić information content (AvgIpc) is 2.17. The van der Waals surface area contributed by atoms with Crippen molar-refractivity contribution in [2.75, 3.05) is 5.32 Å². The van der Waals surface area contributed by atoms with Gasteiger partial charge in [0.15, 0.2) is 0 Å². The smallest absolute Gasteiger partial charge is 0.0474 e. The molecule has 13 heavy (non-hydrogen) atoms. The molecule has 2 heteroatoms. The molecule has 2 rings (SSSR count). The van der Waals surface area contributed by atoms with Crippen LogP contribution in [0, 0.1) is 0 Å². The summed E-state index contributed by atoms with van der Waals surface area (Å²) in [5, 5.41) is 3.19. The number of alkyl halides is 1. The van der Waals surface area contributed by atoms with Gasteiger partial charge in [0.05, 0.1) is 0 Å². The van der Waals surface area contributed by atoms with Crippen LogP contribution in [0.5, 0.6) is 0 Å². The Morgan fingerprint density at radius 2 is 2.15 bits per heavy atom. The first-order valence-electron chi connectivity index (χ1n) is 4.12. The topological polar surface area (TPSA) is 12.0 Å². The maximum atomic E-state index is 5.74. The molecule has 0 saturated heterocycles. The van der Waals surface area contributed by atoms with Gasteiger partial charge in [-0.1, -0.05) is 18.7 Å². The molecule has 1 aromatic carbocycles. The summed E-state index contributed by atoms with van der Waals surface area (Å²) in [7, 11) is 0. The second-order valence-corrected chi connectivity index (χ2v) is 3.31. The van der Waals surface area contributed by atoms with Crippen molar-refractivity contribution < 1.29 is 0 Å². The molecule has 1 aromatic rings. The molecule has 66 valence electrons. The maximum Gasteiger partial charge on any atom is 0.0474 e. The zero-order valence-corrected chi connectivity index (χ0v) is 7.93. The van der Waals surface area contributed by atoms with Crippen LogP contribution in [-0.4, -0.2) is 0 Å². The number of halogens is 1. The lowest BCUT2D eigenvalue weighted by Gasteiger charge is -2.15. The number of nitrogens with one attached hydrogen (secondary N) is 1. The zero-order chi connectivity index (χ0) is 9.26. The molecular formula is C11H10ClN. The first kappa shape index (κ1) is 8.39. The van der Waals surface area contributed by atoms with Gasteiger partial charge in [-0.05, 0) is 29.3 Å². The van der Waals surface area contributed by atoms with Crippen LogP contribution in [0.2, 0.25) is 0 Å². The highest BCUT2D eigenvalue weighted by Gasteiger charge is 2.05. The van der Waals surface area contributed by atoms with Crippen molar-refractivity contribution >= 4 is 23.4 Å². The van der Waals surface area contributed by atoms with E-state index in [2.05, 4.69) is 18.0 Å². The molecule has 0 atom stereocenters. The van der Waals surface area contributed by atoms with Crippen molar-refractivity contribution in [2.24, 2.45) is 0 Å². The van der Waals surface area contributed by atoms with E-state index >= 15 is 0 Å². The summed E-state index contributed by atoms with van der Waals surface area (Å²) in [5.74, 6) is 0.558. The van der Waals surface area contributed by atoms with Gasteiger partial charge in [-0.15, -0.1) is 11.6 Å². The fourth-order valence-electron chi connectivity index (χ4n) is 1.35. The SMILES string of the molecule is C=C1C=Cc2cc(CCl)ccc2N1. The van der Waals surface area contributed by atoms with Crippen molar-refractivity contribution in [3.63, 3.8) is 0 Å². The maximum absolute atomic E-state index is 5.74. The number of allylic oxidation sites excluding steroid dienone is 1. The molecule has 1 aliphatic rings. The van der Waals surface area contributed by atoms with E-state index in [1.807, 2.05) is 24.3 Å². The Hall–Kier alpha value is -1.21. The Morgan fingerprint density at radius 1 is 1.31 bits per heavy atom. The van der Waals surface area contributed by atoms with Gasteiger partial charge in [-0.2, -0.15) is 0 Å². The van der Waals surface area contributed by atoms with Crippen LogP contribution < -0.4 is 5.32 Å². The van der Waals surface area contributed by atoms with E-state index < -0.39 is 0 Å². The van der Waals surface area contributed by atoms with Crippen LogP contribution in [-0.2, 0) is 5.88 Å². The van der Waals surface area contributed by atoms with Crippen LogP contribution >= 0.6 is 11.6 Å². The molecule has 0 aliphatic carbocycles. The summed E-state index contributed by atoms with van der Waals surface area (Å²) in [6.07, 6.45) is 4.00. The number of hydrogen-bond donors (Lipinski definition) is 1. The molecule has 0 bridgehead atoms. The third-order valence-corrected chi connectivity index (χ3v) is 2.34. The van der Waals surface area contributed by atoms with Gasteiger partial charge in [0.1, 0.15) is 0 Å². The van der Waals surface area contributed by atoms with Crippen molar-refractivity contribution in [2.45, 2.75) is 5.88 Å². The largest absolute Gasteiger partial charge is 0.356 e. The molecule has 0 saturated carbocycles. The van der Waals surface area contributed by atoms with Gasteiger partial charge in [-0.3, -0.25) is 0 Å². The van der Waals surface area contributed by atoms with Crippen LogP contribution in [0.3, 0.4) is 0 Å². The molecule has 1 aliphatic heterocycles. The molecule has 0 amide bonds. The highest BCUT2D eigenvalue weighted by atomic mass is 35.5. The van der Waals surface area contributed by atoms with Crippen molar-refractivity contribution in [3.05, 3.63) is 47.7 Å². The number of anilines is 1. The summed E-state index contributed by atoms with van der Waals surface area (Å²) < 4.78 is 0. The van der Waals surface area contributed by atoms with Gasteiger partial charge < -0.3 is 5.32 Å². The standard InChI is InChI=1S/C11H10ClN/c1-8-2-4-10-6-9(7-12)3-5-11(10)13-8/h2-6,13H,1,7H2. The zero-order valence-electron chi connectivity index (χ0n) is 7.18. The number of rotatable bonds is 1. The van der Waals surface area contributed by atoms with E-state index in [1.165, 1.54) is 5.56 Å². The molecule has 1 heterocycles. The quantitative estimate of drug-likeness (QED) is 0.672. The Labute approximate surface area is 82.7 Å². The van der Waals surface area contributed by atoms with E-state index in [-0.39, 0.29) is 0 Å². The van der Waals surface area contributed by atoms with Crippen LogP contribution in [0.25, 0.3) is 6.08 Å². The van der Waals surface area contributed by atoms with Gasteiger partial charge in [0, 0.05) is 17.3 Å². The minimum absolute atomic E-state index is 0.558. The summed E-state index contributed by atoms with van der Waals surface area (Å²) >= 11 is 5.74. The number of benzene rings is 1. The first-order valence-corrected chi connectivity index (χ1v) is 4.66. The van der Waals surface area contributed by atoms with Crippen LogP contribution in [0.1, 0.15) is 11.1 Å². The molecule has 0 aromatic heterocycles. The summed E-state index contributed by atoms with van der Waals surface area (Å²) in [6, 6.07) is 6.13. The average molecular weight is 192 g/mol. The first-order chi connectivity index (χ1) is 6.29. The fourth-order valence-corrected chi connectivity index (χ4v) is 1.52. The van der Waals surface area contributed by atoms with Crippen molar-refractivity contribution in [1.29, 1.82) is 0 Å². The van der Waals surface area contributed by atoms with E-state index in [0.29, 0.717) is 5.88 Å². The van der Waals surface area contributed by atoms with Gasteiger partial charge in [0.25, 0.3) is 0 Å². The Kier molecular flexibility index (Phi) is 2.11.